The van der Waals surface area contributed by atoms with Crippen molar-refractivity contribution in [3.05, 3.63) is 65.7 Å². The average molecular weight is 381 g/mol. The monoisotopic (exact) mass is 380 g/mol. The Morgan fingerprint density at radius 3 is 2.25 bits per heavy atom. The molecule has 2 aromatic rings. The molecule has 0 saturated carbocycles. The molecule has 1 fully saturated rings. The lowest BCUT2D eigenvalue weighted by atomic mass is 9.78. The Kier molecular flexibility index (Phi) is 7.93. The fourth-order valence-corrected chi connectivity index (χ4v) is 3.92. The fourth-order valence-electron chi connectivity index (χ4n) is 3.92. The van der Waals surface area contributed by atoms with Crippen LogP contribution in [0, 0.1) is 0 Å². The van der Waals surface area contributed by atoms with E-state index >= 15 is 0 Å². The summed E-state index contributed by atoms with van der Waals surface area (Å²) in [6.45, 7) is 11.2. The first kappa shape index (κ1) is 20.9. The Hall–Kier alpha value is -1.84. The van der Waals surface area contributed by atoms with E-state index in [1.807, 2.05) is 0 Å². The van der Waals surface area contributed by atoms with Gasteiger partial charge in [-0.1, -0.05) is 62.7 Å². The smallest absolute Gasteiger partial charge is 0.119 e. The first-order chi connectivity index (χ1) is 13.7. The van der Waals surface area contributed by atoms with Crippen molar-refractivity contribution >= 4 is 0 Å². The SMILES string of the molecule is CC(C)(c1ccccc1)c1ccc(OCCCNCCN2CCCCC2)cc1. The van der Waals surface area contributed by atoms with Crippen LogP contribution >= 0.6 is 0 Å². The summed E-state index contributed by atoms with van der Waals surface area (Å²) in [5.41, 5.74) is 2.64. The van der Waals surface area contributed by atoms with Crippen molar-refractivity contribution in [2.75, 3.05) is 39.3 Å². The molecule has 1 saturated heterocycles. The lowest BCUT2D eigenvalue weighted by Crippen LogP contribution is -2.36. The maximum absolute atomic E-state index is 5.93. The molecule has 0 unspecified atom stereocenters. The fraction of sp³-hybridized carbons (Fsp3) is 0.520. The third-order valence-corrected chi connectivity index (χ3v) is 5.89. The van der Waals surface area contributed by atoms with Crippen LogP contribution in [0.5, 0.6) is 5.75 Å². The van der Waals surface area contributed by atoms with E-state index in [0.717, 1.165) is 31.9 Å². The predicted molar refractivity (Wildman–Crippen MR) is 118 cm³/mol. The molecule has 3 heteroatoms. The van der Waals surface area contributed by atoms with Gasteiger partial charge in [0.1, 0.15) is 5.75 Å². The molecule has 1 aliphatic rings. The molecule has 0 amide bonds. The molecule has 152 valence electrons. The molecule has 0 spiro atoms. The summed E-state index contributed by atoms with van der Waals surface area (Å²) < 4.78 is 5.93. The van der Waals surface area contributed by atoms with E-state index in [4.69, 9.17) is 4.74 Å². The molecule has 1 heterocycles. The summed E-state index contributed by atoms with van der Waals surface area (Å²) in [7, 11) is 0. The van der Waals surface area contributed by atoms with Crippen LogP contribution in [0.3, 0.4) is 0 Å². The largest absolute Gasteiger partial charge is 0.494 e. The standard InChI is InChI=1S/C25H36N2O/c1-25(2,22-10-5-3-6-11-22)23-12-14-24(15-13-23)28-21-9-16-26-17-20-27-18-7-4-8-19-27/h3,5-6,10-15,26H,4,7-9,16-21H2,1-2H3. The van der Waals surface area contributed by atoms with E-state index in [0.29, 0.717) is 0 Å². The average Bonchev–Trinajstić information content (AvgIpc) is 2.75. The highest BCUT2D eigenvalue weighted by Gasteiger charge is 2.22. The maximum atomic E-state index is 5.93. The highest BCUT2D eigenvalue weighted by atomic mass is 16.5. The number of benzene rings is 2. The molecular weight excluding hydrogens is 344 g/mol. The molecule has 1 aliphatic heterocycles. The van der Waals surface area contributed by atoms with Crippen LogP contribution in [-0.2, 0) is 5.41 Å². The predicted octanol–water partition coefficient (Wildman–Crippen LogP) is 4.86. The first-order valence-electron chi connectivity index (χ1n) is 10.9. The topological polar surface area (TPSA) is 24.5 Å². The molecule has 3 nitrogen and oxygen atoms in total. The van der Waals surface area contributed by atoms with Gasteiger partial charge in [-0.3, -0.25) is 0 Å². The van der Waals surface area contributed by atoms with Gasteiger partial charge in [0.05, 0.1) is 6.61 Å². The van der Waals surface area contributed by atoms with Crippen LogP contribution in [0.1, 0.15) is 50.7 Å². The van der Waals surface area contributed by atoms with Crippen molar-refractivity contribution in [2.24, 2.45) is 0 Å². The zero-order chi connectivity index (χ0) is 19.7. The summed E-state index contributed by atoms with van der Waals surface area (Å²) in [5.74, 6) is 0.959. The first-order valence-corrected chi connectivity index (χ1v) is 10.9. The number of hydrogen-bond acceptors (Lipinski definition) is 3. The lowest BCUT2D eigenvalue weighted by molar-refractivity contribution is 0.228. The van der Waals surface area contributed by atoms with Gasteiger partial charge in [-0.25, -0.2) is 0 Å². The normalized spacial score (nSPS) is 15.5. The molecule has 1 N–H and O–H groups in total. The van der Waals surface area contributed by atoms with E-state index in [1.54, 1.807) is 0 Å². The van der Waals surface area contributed by atoms with Crippen molar-refractivity contribution in [1.82, 2.24) is 10.2 Å². The van der Waals surface area contributed by atoms with Crippen LogP contribution < -0.4 is 10.1 Å². The molecule has 3 rings (SSSR count). The number of nitrogens with one attached hydrogen (secondary N) is 1. The molecule has 0 radical (unpaired) electrons. The van der Waals surface area contributed by atoms with Crippen molar-refractivity contribution < 1.29 is 4.74 Å². The number of hydrogen-bond donors (Lipinski definition) is 1. The van der Waals surface area contributed by atoms with Gasteiger partial charge >= 0.3 is 0 Å². The zero-order valence-corrected chi connectivity index (χ0v) is 17.6. The second-order valence-electron chi connectivity index (χ2n) is 8.37. The Morgan fingerprint density at radius 1 is 0.857 bits per heavy atom. The number of ether oxygens (including phenoxy) is 1. The molecular formula is C25H36N2O. The molecule has 2 aromatic carbocycles. The van der Waals surface area contributed by atoms with E-state index in [2.05, 4.69) is 78.7 Å². The van der Waals surface area contributed by atoms with Gasteiger partial charge in [0.15, 0.2) is 0 Å². The number of rotatable bonds is 10. The van der Waals surface area contributed by atoms with Crippen molar-refractivity contribution in [1.29, 1.82) is 0 Å². The van der Waals surface area contributed by atoms with Crippen LogP contribution in [-0.4, -0.2) is 44.2 Å². The summed E-state index contributed by atoms with van der Waals surface area (Å²) in [6, 6.07) is 19.3. The summed E-state index contributed by atoms with van der Waals surface area (Å²) >= 11 is 0. The van der Waals surface area contributed by atoms with E-state index < -0.39 is 0 Å². The quantitative estimate of drug-likeness (QED) is 0.596. The summed E-state index contributed by atoms with van der Waals surface area (Å²) in [6.07, 6.45) is 5.19. The molecule has 0 aliphatic carbocycles. The van der Waals surface area contributed by atoms with Gasteiger partial charge in [-0.2, -0.15) is 0 Å². The number of nitrogens with zero attached hydrogens (tertiary/aromatic N) is 1. The zero-order valence-electron chi connectivity index (χ0n) is 17.6. The molecule has 0 bridgehead atoms. The van der Waals surface area contributed by atoms with Crippen LogP contribution in [0.15, 0.2) is 54.6 Å². The Bertz CT molecular complexity index is 675. The van der Waals surface area contributed by atoms with Crippen LogP contribution in [0.4, 0.5) is 0 Å². The van der Waals surface area contributed by atoms with Gasteiger partial charge in [-0.15, -0.1) is 0 Å². The third-order valence-electron chi connectivity index (χ3n) is 5.89. The van der Waals surface area contributed by atoms with E-state index in [-0.39, 0.29) is 5.41 Å². The van der Waals surface area contributed by atoms with E-state index in [9.17, 15) is 0 Å². The Morgan fingerprint density at radius 2 is 1.54 bits per heavy atom. The van der Waals surface area contributed by atoms with Gasteiger partial charge in [-0.05, 0) is 62.2 Å². The van der Waals surface area contributed by atoms with Gasteiger partial charge in [0.2, 0.25) is 0 Å². The highest BCUT2D eigenvalue weighted by Crippen LogP contribution is 2.32. The maximum Gasteiger partial charge on any atom is 0.119 e. The third kappa shape index (κ3) is 6.08. The number of likely N-dealkylation sites (tertiary alicyclic amines) is 1. The highest BCUT2D eigenvalue weighted by molar-refractivity contribution is 5.39. The van der Waals surface area contributed by atoms with E-state index in [1.165, 1.54) is 50.0 Å². The van der Waals surface area contributed by atoms with Gasteiger partial charge in [0.25, 0.3) is 0 Å². The second kappa shape index (κ2) is 10.6. The Balaban J connectivity index is 1.34. The lowest BCUT2D eigenvalue weighted by Gasteiger charge is -2.26. The van der Waals surface area contributed by atoms with Gasteiger partial charge in [0, 0.05) is 18.5 Å². The summed E-state index contributed by atoms with van der Waals surface area (Å²) in [4.78, 5) is 2.57. The molecule has 0 atom stereocenters. The minimum Gasteiger partial charge on any atom is -0.494 e. The Labute approximate surface area is 171 Å². The number of piperidine rings is 1. The molecule has 28 heavy (non-hydrogen) atoms. The second-order valence-corrected chi connectivity index (χ2v) is 8.37. The van der Waals surface area contributed by atoms with Crippen molar-refractivity contribution in [2.45, 2.75) is 44.9 Å². The van der Waals surface area contributed by atoms with Gasteiger partial charge < -0.3 is 15.0 Å². The van der Waals surface area contributed by atoms with Crippen molar-refractivity contribution in [3.8, 4) is 5.75 Å². The van der Waals surface area contributed by atoms with Crippen molar-refractivity contribution in [3.63, 3.8) is 0 Å². The minimum absolute atomic E-state index is 0.00192. The van der Waals surface area contributed by atoms with Crippen LogP contribution in [0.2, 0.25) is 0 Å². The summed E-state index contributed by atoms with van der Waals surface area (Å²) in [5, 5.41) is 3.54. The minimum atomic E-state index is -0.00192. The molecule has 0 aromatic heterocycles. The van der Waals surface area contributed by atoms with Crippen LogP contribution in [0.25, 0.3) is 0 Å².